The molecular weight excluding hydrogens is 310 g/mol. The van der Waals surface area contributed by atoms with Crippen molar-refractivity contribution in [2.75, 3.05) is 7.05 Å². The SMILES string of the molecule is CN=C(NCc1ccccc1)NCc1cccc(COC(C)(C)C)c1. The molecule has 2 N–H and O–H groups in total. The van der Waals surface area contributed by atoms with Crippen LogP contribution in [0.1, 0.15) is 37.5 Å². The predicted octanol–water partition coefficient (Wildman–Crippen LogP) is 3.87. The van der Waals surface area contributed by atoms with E-state index in [1.807, 2.05) is 18.2 Å². The van der Waals surface area contributed by atoms with Gasteiger partial charge in [-0.3, -0.25) is 4.99 Å². The molecule has 0 radical (unpaired) electrons. The number of guanidine groups is 1. The fourth-order valence-electron chi connectivity index (χ4n) is 2.32. The summed E-state index contributed by atoms with van der Waals surface area (Å²) in [7, 11) is 1.79. The molecule has 0 aromatic heterocycles. The van der Waals surface area contributed by atoms with Crippen LogP contribution < -0.4 is 10.6 Å². The maximum atomic E-state index is 5.85. The molecule has 0 aliphatic heterocycles. The van der Waals surface area contributed by atoms with E-state index in [9.17, 15) is 0 Å². The minimum absolute atomic E-state index is 0.127. The van der Waals surface area contributed by atoms with Crippen LogP contribution in [0, 0.1) is 0 Å². The van der Waals surface area contributed by atoms with E-state index in [-0.39, 0.29) is 5.60 Å². The lowest BCUT2D eigenvalue weighted by atomic mass is 10.1. The van der Waals surface area contributed by atoms with E-state index in [2.05, 4.69) is 72.8 Å². The molecule has 0 bridgehead atoms. The summed E-state index contributed by atoms with van der Waals surface area (Å²) in [4.78, 5) is 4.28. The van der Waals surface area contributed by atoms with Gasteiger partial charge >= 0.3 is 0 Å². The quantitative estimate of drug-likeness (QED) is 0.620. The minimum Gasteiger partial charge on any atom is -0.371 e. The van der Waals surface area contributed by atoms with Crippen molar-refractivity contribution < 1.29 is 4.74 Å². The van der Waals surface area contributed by atoms with Crippen molar-refractivity contribution in [2.24, 2.45) is 4.99 Å². The fraction of sp³-hybridized carbons (Fsp3) is 0.381. The first-order valence-electron chi connectivity index (χ1n) is 8.66. The highest BCUT2D eigenvalue weighted by Crippen LogP contribution is 2.13. The summed E-state index contributed by atoms with van der Waals surface area (Å²) < 4.78 is 5.85. The van der Waals surface area contributed by atoms with Gasteiger partial charge in [0, 0.05) is 20.1 Å². The maximum Gasteiger partial charge on any atom is 0.191 e. The Labute approximate surface area is 151 Å². The molecule has 2 aromatic rings. The van der Waals surface area contributed by atoms with Crippen LogP contribution in [0.5, 0.6) is 0 Å². The summed E-state index contributed by atoms with van der Waals surface area (Å²) in [5.41, 5.74) is 3.49. The molecule has 134 valence electrons. The molecule has 0 amide bonds. The Kier molecular flexibility index (Phi) is 7.02. The Morgan fingerprint density at radius 1 is 0.880 bits per heavy atom. The average molecular weight is 339 g/mol. The van der Waals surface area contributed by atoms with E-state index in [4.69, 9.17) is 4.74 Å². The van der Waals surface area contributed by atoms with Crippen LogP contribution in [-0.2, 0) is 24.4 Å². The summed E-state index contributed by atoms with van der Waals surface area (Å²) in [6.45, 7) is 8.30. The van der Waals surface area contributed by atoms with Crippen LogP contribution in [0.2, 0.25) is 0 Å². The minimum atomic E-state index is -0.127. The van der Waals surface area contributed by atoms with Gasteiger partial charge in [-0.1, -0.05) is 54.6 Å². The number of rotatable bonds is 6. The monoisotopic (exact) mass is 339 g/mol. The summed E-state index contributed by atoms with van der Waals surface area (Å²) in [6.07, 6.45) is 0. The Hall–Kier alpha value is -2.33. The van der Waals surface area contributed by atoms with E-state index in [1.165, 1.54) is 16.7 Å². The first-order chi connectivity index (χ1) is 12.0. The Balaban J connectivity index is 1.84. The van der Waals surface area contributed by atoms with Gasteiger partial charge in [-0.15, -0.1) is 0 Å². The number of hydrogen-bond donors (Lipinski definition) is 2. The number of ether oxygens (including phenoxy) is 1. The zero-order chi connectivity index (χ0) is 18.1. The molecule has 0 saturated carbocycles. The highest BCUT2D eigenvalue weighted by Gasteiger charge is 2.10. The van der Waals surface area contributed by atoms with E-state index in [0.29, 0.717) is 6.61 Å². The Morgan fingerprint density at radius 2 is 1.48 bits per heavy atom. The average Bonchev–Trinajstić information content (AvgIpc) is 2.61. The van der Waals surface area contributed by atoms with E-state index in [0.717, 1.165) is 19.0 Å². The number of aliphatic imine (C=N–C) groups is 1. The number of benzene rings is 2. The molecule has 2 aromatic carbocycles. The van der Waals surface area contributed by atoms with Crippen molar-refractivity contribution in [3.63, 3.8) is 0 Å². The van der Waals surface area contributed by atoms with Crippen molar-refractivity contribution in [1.29, 1.82) is 0 Å². The van der Waals surface area contributed by atoms with Gasteiger partial charge in [-0.25, -0.2) is 0 Å². The molecular formula is C21H29N3O. The second-order valence-electron chi connectivity index (χ2n) is 6.99. The topological polar surface area (TPSA) is 45.7 Å². The molecule has 0 atom stereocenters. The third-order valence-electron chi connectivity index (χ3n) is 3.65. The maximum absolute atomic E-state index is 5.85. The smallest absolute Gasteiger partial charge is 0.191 e. The molecule has 4 heteroatoms. The molecule has 0 aliphatic carbocycles. The molecule has 0 aliphatic rings. The van der Waals surface area contributed by atoms with Gasteiger partial charge in [-0.05, 0) is 37.5 Å². The zero-order valence-electron chi connectivity index (χ0n) is 15.7. The number of nitrogens with one attached hydrogen (secondary N) is 2. The van der Waals surface area contributed by atoms with Gasteiger partial charge in [0.25, 0.3) is 0 Å². The predicted molar refractivity (Wildman–Crippen MR) is 104 cm³/mol. The van der Waals surface area contributed by atoms with Crippen molar-refractivity contribution in [3.8, 4) is 0 Å². The van der Waals surface area contributed by atoms with Gasteiger partial charge in [0.1, 0.15) is 0 Å². The van der Waals surface area contributed by atoms with Crippen LogP contribution in [0.3, 0.4) is 0 Å². The standard InChI is InChI=1S/C21H29N3O/c1-21(2,3)25-16-19-12-8-11-18(13-19)15-24-20(22-4)23-14-17-9-6-5-7-10-17/h5-13H,14-16H2,1-4H3,(H2,22,23,24). The fourth-order valence-corrected chi connectivity index (χ4v) is 2.32. The van der Waals surface area contributed by atoms with Crippen molar-refractivity contribution >= 4 is 5.96 Å². The van der Waals surface area contributed by atoms with Gasteiger partial charge < -0.3 is 15.4 Å². The van der Waals surface area contributed by atoms with Gasteiger partial charge in [0.2, 0.25) is 0 Å². The first-order valence-corrected chi connectivity index (χ1v) is 8.66. The van der Waals surface area contributed by atoms with E-state index >= 15 is 0 Å². The summed E-state index contributed by atoms with van der Waals surface area (Å²) in [5, 5.41) is 6.68. The summed E-state index contributed by atoms with van der Waals surface area (Å²) >= 11 is 0. The number of hydrogen-bond acceptors (Lipinski definition) is 2. The molecule has 2 rings (SSSR count). The van der Waals surface area contributed by atoms with Gasteiger partial charge in [0.15, 0.2) is 5.96 Å². The lowest BCUT2D eigenvalue weighted by Crippen LogP contribution is -2.36. The molecule has 4 nitrogen and oxygen atoms in total. The third kappa shape index (κ3) is 7.40. The second-order valence-corrected chi connectivity index (χ2v) is 6.99. The summed E-state index contributed by atoms with van der Waals surface area (Å²) in [5.74, 6) is 0.792. The lowest BCUT2D eigenvalue weighted by molar-refractivity contribution is -0.0149. The molecule has 0 fully saturated rings. The molecule has 25 heavy (non-hydrogen) atoms. The largest absolute Gasteiger partial charge is 0.371 e. The Morgan fingerprint density at radius 3 is 2.12 bits per heavy atom. The van der Waals surface area contributed by atoms with Gasteiger partial charge in [0.05, 0.1) is 12.2 Å². The van der Waals surface area contributed by atoms with Crippen LogP contribution in [-0.4, -0.2) is 18.6 Å². The second kappa shape index (κ2) is 9.23. The third-order valence-corrected chi connectivity index (χ3v) is 3.65. The van der Waals surface area contributed by atoms with Crippen LogP contribution in [0.15, 0.2) is 59.6 Å². The van der Waals surface area contributed by atoms with E-state index < -0.39 is 0 Å². The lowest BCUT2D eigenvalue weighted by Gasteiger charge is -2.19. The molecule has 0 heterocycles. The van der Waals surface area contributed by atoms with E-state index in [1.54, 1.807) is 7.05 Å². The molecule has 0 unspecified atom stereocenters. The molecule has 0 spiro atoms. The zero-order valence-corrected chi connectivity index (χ0v) is 15.7. The Bertz CT molecular complexity index is 675. The normalized spacial score (nSPS) is 12.1. The molecule has 0 saturated heterocycles. The highest BCUT2D eigenvalue weighted by atomic mass is 16.5. The first kappa shape index (κ1) is 19.0. The summed E-state index contributed by atoms with van der Waals surface area (Å²) in [6, 6.07) is 18.7. The van der Waals surface area contributed by atoms with Crippen molar-refractivity contribution in [3.05, 3.63) is 71.3 Å². The van der Waals surface area contributed by atoms with Crippen LogP contribution >= 0.6 is 0 Å². The van der Waals surface area contributed by atoms with Crippen molar-refractivity contribution in [2.45, 2.75) is 46.1 Å². The van der Waals surface area contributed by atoms with Crippen LogP contribution in [0.4, 0.5) is 0 Å². The van der Waals surface area contributed by atoms with Crippen LogP contribution in [0.25, 0.3) is 0 Å². The highest BCUT2D eigenvalue weighted by molar-refractivity contribution is 5.79. The van der Waals surface area contributed by atoms with Crippen molar-refractivity contribution in [1.82, 2.24) is 10.6 Å². The van der Waals surface area contributed by atoms with Gasteiger partial charge in [-0.2, -0.15) is 0 Å². The number of nitrogens with zero attached hydrogens (tertiary/aromatic N) is 1.